The molecule has 0 unspecified atom stereocenters. The van der Waals surface area contributed by atoms with Gasteiger partial charge in [0.25, 0.3) is 0 Å². The van der Waals surface area contributed by atoms with E-state index in [1.807, 2.05) is 25.2 Å². The molecular weight excluding hydrogens is 211 g/mol. The molecule has 0 aliphatic heterocycles. The van der Waals surface area contributed by atoms with E-state index in [1.165, 1.54) is 5.56 Å². The Morgan fingerprint density at radius 1 is 1.36 bits per heavy atom. The van der Waals surface area contributed by atoms with Crippen LogP contribution in [0.5, 0.6) is 0 Å². The maximum Gasteiger partial charge on any atom is 0 e. The molecule has 57 valence electrons. The van der Waals surface area contributed by atoms with Gasteiger partial charge in [0.05, 0.1) is 0 Å². The van der Waals surface area contributed by atoms with Crippen molar-refractivity contribution in [3.8, 4) is 0 Å². The Morgan fingerprint density at radius 3 is 2.55 bits per heavy atom. The number of nitrogens with zero attached hydrogens (tertiary/aromatic N) is 1. The van der Waals surface area contributed by atoms with Gasteiger partial charge in [0.1, 0.15) is 0 Å². The van der Waals surface area contributed by atoms with Gasteiger partial charge in [-0.25, -0.2) is 0 Å². The van der Waals surface area contributed by atoms with Gasteiger partial charge < -0.3 is 5.32 Å². The van der Waals surface area contributed by atoms with Crippen LogP contribution in [0.1, 0.15) is 11.1 Å². The number of rotatable bonds is 2. The first kappa shape index (κ1) is 11.2. The van der Waals surface area contributed by atoms with E-state index in [2.05, 4.69) is 18.3 Å². The second kappa shape index (κ2) is 5.76. The van der Waals surface area contributed by atoms with Crippen LogP contribution in [0, 0.1) is 6.92 Å². The Morgan fingerprint density at radius 2 is 2.00 bits per heavy atom. The molecule has 0 N–H and O–H groups in total. The molecule has 0 fully saturated rings. The SMILES string of the molecule is [CH2-]c1ccccc1C[N-]C.[Y]. The molecule has 0 aromatic heterocycles. The summed E-state index contributed by atoms with van der Waals surface area (Å²) in [6, 6.07) is 8.05. The van der Waals surface area contributed by atoms with E-state index in [0.717, 1.165) is 12.1 Å². The van der Waals surface area contributed by atoms with Gasteiger partial charge in [-0.05, 0) is 0 Å². The molecule has 0 saturated heterocycles. The Hall–Kier alpha value is 0.154. The van der Waals surface area contributed by atoms with Gasteiger partial charge in [-0.15, -0.1) is 12.1 Å². The summed E-state index contributed by atoms with van der Waals surface area (Å²) in [6.45, 7) is 4.66. The average molecular weight is 222 g/mol. The smallest absolute Gasteiger partial charge is 0 e. The summed E-state index contributed by atoms with van der Waals surface area (Å²) in [6.07, 6.45) is 0. The van der Waals surface area contributed by atoms with Crippen molar-refractivity contribution in [1.29, 1.82) is 0 Å². The second-order valence-corrected chi connectivity index (χ2v) is 2.24. The zero-order valence-electron chi connectivity index (χ0n) is 6.75. The van der Waals surface area contributed by atoms with Crippen molar-refractivity contribution in [2.75, 3.05) is 7.05 Å². The van der Waals surface area contributed by atoms with Crippen molar-refractivity contribution in [3.05, 3.63) is 47.6 Å². The molecule has 0 spiro atoms. The van der Waals surface area contributed by atoms with Gasteiger partial charge in [0.2, 0.25) is 0 Å². The molecule has 0 heterocycles. The topological polar surface area (TPSA) is 14.1 Å². The maximum atomic E-state index is 4.03. The van der Waals surface area contributed by atoms with Crippen LogP contribution in [0.3, 0.4) is 0 Å². The number of benzene rings is 1. The summed E-state index contributed by atoms with van der Waals surface area (Å²) in [5.74, 6) is 0. The minimum Gasteiger partial charge on any atom is -0.671 e. The molecule has 0 amide bonds. The molecule has 1 nitrogen and oxygen atoms in total. The van der Waals surface area contributed by atoms with E-state index >= 15 is 0 Å². The van der Waals surface area contributed by atoms with Gasteiger partial charge in [0.15, 0.2) is 0 Å². The summed E-state index contributed by atoms with van der Waals surface area (Å²) in [4.78, 5) is 0. The number of hydrogen-bond acceptors (Lipinski definition) is 0. The fourth-order valence-corrected chi connectivity index (χ4v) is 0.882. The first-order valence-corrected chi connectivity index (χ1v) is 3.30. The molecule has 0 aliphatic rings. The van der Waals surface area contributed by atoms with Crippen LogP contribution >= 0.6 is 0 Å². The van der Waals surface area contributed by atoms with Gasteiger partial charge in [-0.2, -0.15) is 37.7 Å². The molecule has 1 aromatic carbocycles. The summed E-state index contributed by atoms with van der Waals surface area (Å²) in [7, 11) is 1.81. The Balaban J connectivity index is 0.000001000. The largest absolute Gasteiger partial charge is 0.671 e. The summed E-state index contributed by atoms with van der Waals surface area (Å²) < 4.78 is 0. The Bertz CT molecular complexity index is 210. The third kappa shape index (κ3) is 3.37. The van der Waals surface area contributed by atoms with Gasteiger partial charge in [-0.3, -0.25) is 0 Å². The minimum absolute atomic E-state index is 0. The molecule has 1 aromatic rings. The summed E-state index contributed by atoms with van der Waals surface area (Å²) >= 11 is 0. The van der Waals surface area contributed by atoms with Crippen LogP contribution in [0.15, 0.2) is 24.3 Å². The molecule has 2 heteroatoms. The average Bonchev–Trinajstić information content (AvgIpc) is 1.94. The van der Waals surface area contributed by atoms with Crippen molar-refractivity contribution in [2.45, 2.75) is 6.54 Å². The third-order valence-electron chi connectivity index (χ3n) is 1.45. The first-order chi connectivity index (χ1) is 4.84. The maximum absolute atomic E-state index is 4.03. The monoisotopic (exact) mass is 222 g/mol. The molecule has 0 saturated carbocycles. The van der Waals surface area contributed by atoms with E-state index in [1.54, 1.807) is 0 Å². The van der Waals surface area contributed by atoms with Crippen LogP contribution in [-0.2, 0) is 39.3 Å². The van der Waals surface area contributed by atoms with E-state index < -0.39 is 0 Å². The van der Waals surface area contributed by atoms with Crippen molar-refractivity contribution in [1.82, 2.24) is 0 Å². The zero-order valence-corrected chi connectivity index (χ0v) is 9.59. The predicted octanol–water partition coefficient (Wildman–Crippen LogP) is 2.37. The molecule has 0 atom stereocenters. The quantitative estimate of drug-likeness (QED) is 0.682. The third-order valence-corrected chi connectivity index (χ3v) is 1.45. The van der Waals surface area contributed by atoms with Crippen molar-refractivity contribution >= 4 is 0 Å². The van der Waals surface area contributed by atoms with Gasteiger partial charge in [0, 0.05) is 32.7 Å². The minimum atomic E-state index is 0. The predicted molar refractivity (Wildman–Crippen MR) is 43.9 cm³/mol. The van der Waals surface area contributed by atoms with E-state index in [-0.39, 0.29) is 32.7 Å². The zero-order chi connectivity index (χ0) is 7.40. The van der Waals surface area contributed by atoms with E-state index in [0.29, 0.717) is 0 Å². The Labute approximate surface area is 93.5 Å². The second-order valence-electron chi connectivity index (χ2n) is 2.24. The van der Waals surface area contributed by atoms with Crippen molar-refractivity contribution in [3.63, 3.8) is 0 Å². The normalized spacial score (nSPS) is 8.82. The van der Waals surface area contributed by atoms with Crippen LogP contribution in [-0.4, -0.2) is 7.05 Å². The van der Waals surface area contributed by atoms with Crippen LogP contribution in [0.25, 0.3) is 5.32 Å². The molecule has 0 aliphatic carbocycles. The molecular formula is C9H11NY-2. The standard InChI is InChI=1S/C9H11N.Y/c1-8-5-3-4-6-9(8)7-10-2;/h3-6H,1,7H2,2H3;/q-2;. The number of hydrogen-bond donors (Lipinski definition) is 0. The molecule has 11 heavy (non-hydrogen) atoms. The van der Waals surface area contributed by atoms with Crippen molar-refractivity contribution in [2.24, 2.45) is 0 Å². The fraction of sp³-hybridized carbons (Fsp3) is 0.222. The summed E-state index contributed by atoms with van der Waals surface area (Å²) in [5.41, 5.74) is 2.29. The summed E-state index contributed by atoms with van der Waals surface area (Å²) in [5, 5.41) is 4.03. The van der Waals surface area contributed by atoms with Crippen LogP contribution in [0.2, 0.25) is 0 Å². The van der Waals surface area contributed by atoms with E-state index in [4.69, 9.17) is 0 Å². The van der Waals surface area contributed by atoms with Crippen LogP contribution in [0.4, 0.5) is 0 Å². The van der Waals surface area contributed by atoms with Gasteiger partial charge in [-0.1, -0.05) is 6.07 Å². The van der Waals surface area contributed by atoms with Crippen LogP contribution < -0.4 is 0 Å². The van der Waals surface area contributed by atoms with E-state index in [9.17, 15) is 0 Å². The Kier molecular flexibility index (Phi) is 5.84. The molecule has 0 bridgehead atoms. The fourth-order valence-electron chi connectivity index (χ4n) is 0.882. The first-order valence-electron chi connectivity index (χ1n) is 3.30. The van der Waals surface area contributed by atoms with Gasteiger partial charge >= 0.3 is 0 Å². The molecule has 1 radical (unpaired) electrons. The van der Waals surface area contributed by atoms with Crippen molar-refractivity contribution < 1.29 is 32.7 Å². The molecule has 1 rings (SSSR count).